The van der Waals surface area contributed by atoms with Gasteiger partial charge in [0, 0.05) is 45.2 Å². The van der Waals surface area contributed by atoms with E-state index in [1.165, 1.54) is 38.5 Å². The van der Waals surface area contributed by atoms with Gasteiger partial charge in [-0.05, 0) is 44.4 Å². The summed E-state index contributed by atoms with van der Waals surface area (Å²) < 4.78 is 0. The number of anilines is 2. The lowest BCUT2D eigenvalue weighted by atomic mass is 9.93. The van der Waals surface area contributed by atoms with E-state index >= 15 is 0 Å². The Morgan fingerprint density at radius 3 is 2.74 bits per heavy atom. The van der Waals surface area contributed by atoms with E-state index in [-0.39, 0.29) is 0 Å². The fourth-order valence-corrected chi connectivity index (χ4v) is 4.18. The molecule has 2 fully saturated rings. The summed E-state index contributed by atoms with van der Waals surface area (Å²) in [6.45, 7) is 7.04. The number of aromatic nitrogens is 2. The van der Waals surface area contributed by atoms with E-state index in [0.717, 1.165) is 57.2 Å². The van der Waals surface area contributed by atoms with E-state index in [1.807, 2.05) is 0 Å². The number of carbonyl (C=O) groups is 1. The number of nitrogens with zero attached hydrogens (tertiary/aromatic N) is 4. The van der Waals surface area contributed by atoms with Gasteiger partial charge in [0.25, 0.3) is 0 Å². The molecular formula is C21H35N5O. The molecule has 150 valence electrons. The maximum Gasteiger partial charge on any atom is 0.222 e. The van der Waals surface area contributed by atoms with Crippen LogP contribution >= 0.6 is 0 Å². The molecule has 0 radical (unpaired) electrons. The number of amides is 1. The molecule has 1 aromatic heterocycles. The highest BCUT2D eigenvalue weighted by atomic mass is 16.2. The third kappa shape index (κ3) is 6.08. The van der Waals surface area contributed by atoms with Crippen LogP contribution in [0.4, 0.5) is 11.6 Å². The molecule has 1 atom stereocenters. The second kappa shape index (κ2) is 10.5. The molecule has 2 aliphatic rings. The molecule has 0 saturated carbocycles. The molecule has 2 saturated heterocycles. The summed E-state index contributed by atoms with van der Waals surface area (Å²) in [7, 11) is 0. The highest BCUT2D eigenvalue weighted by Crippen LogP contribution is 2.26. The fraction of sp³-hybridized carbons (Fsp3) is 0.762. The van der Waals surface area contributed by atoms with Crippen LogP contribution in [0, 0.1) is 5.92 Å². The average Bonchev–Trinajstić information content (AvgIpc) is 3.00. The largest absolute Gasteiger partial charge is 0.370 e. The number of likely N-dealkylation sites (tertiary alicyclic amines) is 1. The van der Waals surface area contributed by atoms with Crippen LogP contribution in [0.15, 0.2) is 12.4 Å². The lowest BCUT2D eigenvalue weighted by Gasteiger charge is -2.34. The van der Waals surface area contributed by atoms with E-state index < -0.39 is 0 Å². The van der Waals surface area contributed by atoms with Crippen molar-refractivity contribution in [1.29, 1.82) is 0 Å². The Hall–Kier alpha value is -1.85. The van der Waals surface area contributed by atoms with Gasteiger partial charge in [-0.15, -0.1) is 0 Å². The van der Waals surface area contributed by atoms with E-state index in [9.17, 15) is 4.79 Å². The molecule has 1 unspecified atom stereocenters. The van der Waals surface area contributed by atoms with Crippen LogP contribution in [0.25, 0.3) is 0 Å². The molecule has 0 spiro atoms. The average molecular weight is 374 g/mol. The van der Waals surface area contributed by atoms with E-state index in [2.05, 4.69) is 38.1 Å². The smallest absolute Gasteiger partial charge is 0.222 e. The highest BCUT2D eigenvalue weighted by molar-refractivity contribution is 5.76. The van der Waals surface area contributed by atoms with Crippen molar-refractivity contribution in [3.05, 3.63) is 12.4 Å². The standard InChI is InChI=1S/C21H35N5O/c1-2-11-22-19-15-20(24-17-23-19)26-14-7-8-18(16-26)9-10-21(27)25-12-5-3-4-6-13-25/h15,17-18H,2-14,16H2,1H3,(H,22,23,24). The van der Waals surface area contributed by atoms with Crippen molar-refractivity contribution in [3.8, 4) is 0 Å². The first-order chi connectivity index (χ1) is 13.3. The zero-order chi connectivity index (χ0) is 18.9. The zero-order valence-corrected chi connectivity index (χ0v) is 16.8. The number of carbonyl (C=O) groups excluding carboxylic acids is 1. The summed E-state index contributed by atoms with van der Waals surface area (Å²) in [5.41, 5.74) is 0. The molecule has 3 rings (SSSR count). The summed E-state index contributed by atoms with van der Waals surface area (Å²) in [5, 5.41) is 3.34. The molecule has 0 aliphatic carbocycles. The Balaban J connectivity index is 1.49. The van der Waals surface area contributed by atoms with Gasteiger partial charge in [0.2, 0.25) is 5.91 Å². The van der Waals surface area contributed by atoms with Crippen molar-refractivity contribution < 1.29 is 4.79 Å². The third-order valence-corrected chi connectivity index (χ3v) is 5.78. The first kappa shape index (κ1) is 19.9. The molecule has 1 aromatic rings. The minimum atomic E-state index is 0.363. The Kier molecular flexibility index (Phi) is 7.72. The van der Waals surface area contributed by atoms with Crippen LogP contribution in [0.2, 0.25) is 0 Å². The third-order valence-electron chi connectivity index (χ3n) is 5.78. The van der Waals surface area contributed by atoms with Gasteiger partial charge in [-0.1, -0.05) is 19.8 Å². The number of rotatable bonds is 7. The Morgan fingerprint density at radius 2 is 1.96 bits per heavy atom. The predicted octanol–water partition coefficient (Wildman–Crippen LogP) is 3.70. The lowest BCUT2D eigenvalue weighted by molar-refractivity contribution is -0.131. The molecule has 1 amide bonds. The monoisotopic (exact) mass is 373 g/mol. The summed E-state index contributed by atoms with van der Waals surface area (Å²) in [4.78, 5) is 25.8. The number of nitrogens with one attached hydrogen (secondary N) is 1. The second-order valence-electron chi connectivity index (χ2n) is 7.98. The van der Waals surface area contributed by atoms with Crippen LogP contribution in [0.5, 0.6) is 0 Å². The van der Waals surface area contributed by atoms with Gasteiger partial charge in [0.15, 0.2) is 0 Å². The van der Waals surface area contributed by atoms with Crippen LogP contribution < -0.4 is 10.2 Å². The Labute approximate surface area is 163 Å². The van der Waals surface area contributed by atoms with Gasteiger partial charge in [-0.25, -0.2) is 9.97 Å². The zero-order valence-electron chi connectivity index (χ0n) is 16.8. The molecular weight excluding hydrogens is 338 g/mol. The summed E-state index contributed by atoms with van der Waals surface area (Å²) in [6.07, 6.45) is 11.7. The van der Waals surface area contributed by atoms with Crippen molar-refractivity contribution in [2.24, 2.45) is 5.92 Å². The molecule has 6 heteroatoms. The Morgan fingerprint density at radius 1 is 1.15 bits per heavy atom. The van der Waals surface area contributed by atoms with Crippen molar-refractivity contribution in [2.45, 2.75) is 64.7 Å². The number of hydrogen-bond donors (Lipinski definition) is 1. The van der Waals surface area contributed by atoms with Crippen molar-refractivity contribution >= 4 is 17.5 Å². The topological polar surface area (TPSA) is 61.4 Å². The minimum Gasteiger partial charge on any atom is -0.370 e. The Bertz CT molecular complexity index is 586. The second-order valence-corrected chi connectivity index (χ2v) is 7.98. The van der Waals surface area contributed by atoms with Crippen molar-refractivity contribution in [1.82, 2.24) is 14.9 Å². The SMILES string of the molecule is CCCNc1cc(N2CCCC(CCC(=O)N3CCCCCC3)C2)ncn1. The van der Waals surface area contributed by atoms with Gasteiger partial charge in [-0.2, -0.15) is 0 Å². The molecule has 2 aliphatic heterocycles. The lowest BCUT2D eigenvalue weighted by Crippen LogP contribution is -2.37. The maximum absolute atomic E-state index is 12.6. The van der Waals surface area contributed by atoms with E-state index in [4.69, 9.17) is 0 Å². The molecule has 27 heavy (non-hydrogen) atoms. The predicted molar refractivity (Wildman–Crippen MR) is 110 cm³/mol. The number of piperidine rings is 1. The van der Waals surface area contributed by atoms with Crippen LogP contribution in [0.3, 0.4) is 0 Å². The first-order valence-electron chi connectivity index (χ1n) is 10.8. The highest BCUT2D eigenvalue weighted by Gasteiger charge is 2.23. The maximum atomic E-state index is 12.6. The number of hydrogen-bond acceptors (Lipinski definition) is 5. The van der Waals surface area contributed by atoms with Crippen LogP contribution in [-0.2, 0) is 4.79 Å². The molecule has 0 aromatic carbocycles. The van der Waals surface area contributed by atoms with Crippen LogP contribution in [0.1, 0.15) is 64.7 Å². The van der Waals surface area contributed by atoms with E-state index in [1.54, 1.807) is 6.33 Å². The van der Waals surface area contributed by atoms with Gasteiger partial charge < -0.3 is 15.1 Å². The minimum absolute atomic E-state index is 0.363. The van der Waals surface area contributed by atoms with Gasteiger partial charge in [-0.3, -0.25) is 4.79 Å². The summed E-state index contributed by atoms with van der Waals surface area (Å²) in [5.74, 6) is 2.85. The normalized spacial score (nSPS) is 21.0. The molecule has 6 nitrogen and oxygen atoms in total. The summed E-state index contributed by atoms with van der Waals surface area (Å²) in [6, 6.07) is 2.06. The molecule has 3 heterocycles. The van der Waals surface area contributed by atoms with Crippen LogP contribution in [-0.4, -0.2) is 53.5 Å². The quantitative estimate of drug-likeness (QED) is 0.790. The summed E-state index contributed by atoms with van der Waals surface area (Å²) >= 11 is 0. The van der Waals surface area contributed by atoms with Crippen molar-refractivity contribution in [3.63, 3.8) is 0 Å². The van der Waals surface area contributed by atoms with Gasteiger partial charge in [0.05, 0.1) is 0 Å². The molecule has 0 bridgehead atoms. The molecule has 1 N–H and O–H groups in total. The van der Waals surface area contributed by atoms with Gasteiger partial charge >= 0.3 is 0 Å². The van der Waals surface area contributed by atoms with E-state index in [0.29, 0.717) is 18.2 Å². The first-order valence-corrected chi connectivity index (χ1v) is 10.8. The van der Waals surface area contributed by atoms with Gasteiger partial charge in [0.1, 0.15) is 18.0 Å². The fourth-order valence-electron chi connectivity index (χ4n) is 4.18. The van der Waals surface area contributed by atoms with Crippen molar-refractivity contribution in [2.75, 3.05) is 42.9 Å².